The Morgan fingerprint density at radius 2 is 2.14 bits per heavy atom. The van der Waals surface area contributed by atoms with E-state index in [0.29, 0.717) is 12.7 Å². The van der Waals surface area contributed by atoms with E-state index in [1.165, 1.54) is 41.9 Å². The standard InChI is InChI=1S/C18H29NO2S/c1-18(19,14-20)12-11-17-10-9-16(22-17)8-5-13-21-15-6-3-2-4-7-15/h5,8-10,15,20H,2-4,6-7,11-14,19H2,1H3/b8-5+. The van der Waals surface area contributed by atoms with E-state index < -0.39 is 5.54 Å². The van der Waals surface area contributed by atoms with Crippen molar-refractivity contribution in [1.29, 1.82) is 0 Å². The van der Waals surface area contributed by atoms with Gasteiger partial charge >= 0.3 is 0 Å². The molecule has 1 heterocycles. The molecule has 1 saturated carbocycles. The van der Waals surface area contributed by atoms with Crippen LogP contribution in [0.25, 0.3) is 6.08 Å². The van der Waals surface area contributed by atoms with Gasteiger partial charge < -0.3 is 15.6 Å². The molecule has 3 nitrogen and oxygen atoms in total. The van der Waals surface area contributed by atoms with E-state index in [4.69, 9.17) is 10.5 Å². The monoisotopic (exact) mass is 323 g/mol. The van der Waals surface area contributed by atoms with Crippen LogP contribution < -0.4 is 5.73 Å². The number of thiophene rings is 1. The molecule has 0 amide bonds. The summed E-state index contributed by atoms with van der Waals surface area (Å²) in [4.78, 5) is 2.57. The number of rotatable bonds is 8. The molecule has 0 radical (unpaired) electrons. The predicted octanol–water partition coefficient (Wildman–Crippen LogP) is 3.75. The highest BCUT2D eigenvalue weighted by atomic mass is 32.1. The van der Waals surface area contributed by atoms with Crippen LogP contribution in [0.1, 0.15) is 55.2 Å². The van der Waals surface area contributed by atoms with Gasteiger partial charge in [0.15, 0.2) is 0 Å². The highest BCUT2D eigenvalue weighted by Crippen LogP contribution is 2.22. The van der Waals surface area contributed by atoms with Gasteiger partial charge in [-0.15, -0.1) is 11.3 Å². The number of ether oxygens (including phenoxy) is 1. The van der Waals surface area contributed by atoms with Crippen molar-refractivity contribution >= 4 is 17.4 Å². The van der Waals surface area contributed by atoms with Crippen LogP contribution in [0.5, 0.6) is 0 Å². The average Bonchev–Trinajstić information content (AvgIpc) is 2.99. The summed E-state index contributed by atoms with van der Waals surface area (Å²) in [6.07, 6.45) is 12.9. The summed E-state index contributed by atoms with van der Waals surface area (Å²) < 4.78 is 5.89. The minimum Gasteiger partial charge on any atom is -0.394 e. The Morgan fingerprint density at radius 3 is 2.86 bits per heavy atom. The molecule has 0 aromatic carbocycles. The zero-order valence-electron chi connectivity index (χ0n) is 13.6. The van der Waals surface area contributed by atoms with Crippen LogP contribution >= 0.6 is 11.3 Å². The van der Waals surface area contributed by atoms with Crippen LogP contribution in [0.15, 0.2) is 18.2 Å². The van der Waals surface area contributed by atoms with Crippen molar-refractivity contribution in [3.8, 4) is 0 Å². The molecule has 0 aliphatic heterocycles. The molecule has 0 spiro atoms. The Bertz CT molecular complexity index is 461. The van der Waals surface area contributed by atoms with Crippen LogP contribution in [0.4, 0.5) is 0 Å². The second-order valence-electron chi connectivity index (χ2n) is 6.61. The molecule has 1 aromatic rings. The molecule has 1 aliphatic rings. The van der Waals surface area contributed by atoms with Crippen LogP contribution in [0.2, 0.25) is 0 Å². The summed E-state index contributed by atoms with van der Waals surface area (Å²) in [7, 11) is 0. The van der Waals surface area contributed by atoms with Crippen molar-refractivity contribution in [2.75, 3.05) is 13.2 Å². The fourth-order valence-electron chi connectivity index (χ4n) is 2.69. The zero-order valence-corrected chi connectivity index (χ0v) is 14.4. The normalized spacial score (nSPS) is 19.6. The molecular formula is C18H29NO2S. The number of aliphatic hydroxyl groups is 1. The van der Waals surface area contributed by atoms with Gasteiger partial charge in [-0.2, -0.15) is 0 Å². The van der Waals surface area contributed by atoms with Crippen molar-refractivity contribution in [2.24, 2.45) is 5.73 Å². The minimum absolute atomic E-state index is 0.0314. The van der Waals surface area contributed by atoms with Crippen molar-refractivity contribution in [2.45, 2.75) is 63.5 Å². The van der Waals surface area contributed by atoms with E-state index in [-0.39, 0.29) is 6.61 Å². The smallest absolute Gasteiger partial charge is 0.0654 e. The van der Waals surface area contributed by atoms with Crippen LogP contribution in [0, 0.1) is 0 Å². The lowest BCUT2D eigenvalue weighted by atomic mass is 9.98. The van der Waals surface area contributed by atoms with Crippen LogP contribution in [0.3, 0.4) is 0 Å². The van der Waals surface area contributed by atoms with E-state index in [9.17, 15) is 5.11 Å². The number of aliphatic hydroxyl groups excluding tert-OH is 1. The third-order valence-electron chi connectivity index (χ3n) is 4.25. The van der Waals surface area contributed by atoms with Gasteiger partial charge in [-0.1, -0.05) is 25.3 Å². The fraction of sp³-hybridized carbons (Fsp3) is 0.667. The van der Waals surface area contributed by atoms with Gasteiger partial charge in [0.1, 0.15) is 0 Å². The highest BCUT2D eigenvalue weighted by molar-refractivity contribution is 7.12. The Hall–Kier alpha value is -0.680. The molecule has 124 valence electrons. The van der Waals surface area contributed by atoms with Crippen molar-refractivity contribution in [3.05, 3.63) is 28.0 Å². The molecule has 22 heavy (non-hydrogen) atoms. The fourth-order valence-corrected chi connectivity index (χ4v) is 3.64. The van der Waals surface area contributed by atoms with Crippen molar-refractivity contribution < 1.29 is 9.84 Å². The molecule has 1 fully saturated rings. The van der Waals surface area contributed by atoms with Crippen molar-refractivity contribution in [1.82, 2.24) is 0 Å². The van der Waals surface area contributed by atoms with Gasteiger partial charge in [0, 0.05) is 15.3 Å². The van der Waals surface area contributed by atoms with Gasteiger partial charge in [0.05, 0.1) is 19.3 Å². The second-order valence-corrected chi connectivity index (χ2v) is 7.81. The Balaban J connectivity index is 1.70. The van der Waals surface area contributed by atoms with E-state index >= 15 is 0 Å². The van der Waals surface area contributed by atoms with E-state index in [1.54, 1.807) is 11.3 Å². The average molecular weight is 324 g/mol. The summed E-state index contributed by atoms with van der Waals surface area (Å²) in [6.45, 7) is 2.64. The summed E-state index contributed by atoms with van der Waals surface area (Å²) in [5.41, 5.74) is 5.49. The van der Waals surface area contributed by atoms with Gasteiger partial charge in [-0.25, -0.2) is 0 Å². The Kier molecular flexibility index (Phi) is 7.09. The van der Waals surface area contributed by atoms with E-state index in [1.807, 2.05) is 6.92 Å². The molecule has 1 aromatic heterocycles. The maximum Gasteiger partial charge on any atom is 0.0654 e. The lowest BCUT2D eigenvalue weighted by Crippen LogP contribution is -2.40. The van der Waals surface area contributed by atoms with Gasteiger partial charge in [0.25, 0.3) is 0 Å². The summed E-state index contributed by atoms with van der Waals surface area (Å²) in [6, 6.07) is 4.30. The molecular weight excluding hydrogens is 294 g/mol. The molecule has 2 rings (SSSR count). The Labute approximate surface area is 138 Å². The summed E-state index contributed by atoms with van der Waals surface area (Å²) >= 11 is 1.79. The zero-order chi connectivity index (χ0) is 15.8. The number of hydrogen-bond acceptors (Lipinski definition) is 4. The lowest BCUT2D eigenvalue weighted by Gasteiger charge is -2.21. The molecule has 1 unspecified atom stereocenters. The largest absolute Gasteiger partial charge is 0.394 e. The van der Waals surface area contributed by atoms with Gasteiger partial charge in [0.2, 0.25) is 0 Å². The third-order valence-corrected chi connectivity index (χ3v) is 5.36. The molecule has 0 bridgehead atoms. The predicted molar refractivity (Wildman–Crippen MR) is 94.2 cm³/mol. The number of nitrogens with two attached hydrogens (primary N) is 1. The third kappa shape index (κ3) is 6.21. The quantitative estimate of drug-likeness (QED) is 0.766. The topological polar surface area (TPSA) is 55.5 Å². The van der Waals surface area contributed by atoms with Crippen LogP contribution in [-0.4, -0.2) is 30.0 Å². The minimum atomic E-state index is -0.478. The first-order valence-corrected chi connectivity index (χ1v) is 9.17. The number of aryl methyl sites for hydroxylation is 1. The lowest BCUT2D eigenvalue weighted by molar-refractivity contribution is 0.0468. The highest BCUT2D eigenvalue weighted by Gasteiger charge is 2.17. The first-order chi connectivity index (χ1) is 10.6. The molecule has 3 N–H and O–H groups in total. The maximum absolute atomic E-state index is 9.18. The van der Waals surface area contributed by atoms with Crippen LogP contribution in [-0.2, 0) is 11.2 Å². The number of hydrogen-bond donors (Lipinski definition) is 2. The Morgan fingerprint density at radius 1 is 1.36 bits per heavy atom. The molecule has 1 aliphatic carbocycles. The second kappa shape index (κ2) is 8.82. The molecule has 0 saturated heterocycles. The summed E-state index contributed by atoms with van der Waals surface area (Å²) in [5, 5.41) is 9.18. The molecule has 4 heteroatoms. The maximum atomic E-state index is 9.18. The van der Waals surface area contributed by atoms with Crippen molar-refractivity contribution in [3.63, 3.8) is 0 Å². The van der Waals surface area contributed by atoms with Gasteiger partial charge in [-0.3, -0.25) is 0 Å². The van der Waals surface area contributed by atoms with Gasteiger partial charge in [-0.05, 0) is 50.8 Å². The SMILES string of the molecule is CC(N)(CO)CCc1ccc(/C=C/COC2CCCCC2)s1. The first kappa shape index (κ1) is 17.7. The first-order valence-electron chi connectivity index (χ1n) is 8.36. The molecule has 1 atom stereocenters. The van der Waals surface area contributed by atoms with E-state index in [2.05, 4.69) is 24.3 Å². The van der Waals surface area contributed by atoms with E-state index in [0.717, 1.165) is 12.8 Å². The summed E-state index contributed by atoms with van der Waals surface area (Å²) in [5.74, 6) is 0.